The van der Waals surface area contributed by atoms with Crippen LogP contribution in [-0.4, -0.2) is 22.5 Å². The quantitative estimate of drug-likeness (QED) is 0.409. The standard InChI is InChI=1S/C9H8N2O3S2.Na/c12-16(13,14)8-3-1-2-7(6-8)11-5-4-10-9(11)15;/h1-6H,(H,10,15)(H,12,13,14);/q;+1/p-1. The number of rotatable bonds is 2. The van der Waals surface area contributed by atoms with Crippen molar-refractivity contribution in [1.29, 1.82) is 0 Å². The van der Waals surface area contributed by atoms with Gasteiger partial charge in [0.05, 0.1) is 4.90 Å². The molecule has 0 unspecified atom stereocenters. The molecule has 0 atom stereocenters. The molecule has 0 spiro atoms. The van der Waals surface area contributed by atoms with Crippen LogP contribution in [0.25, 0.3) is 5.69 Å². The summed E-state index contributed by atoms with van der Waals surface area (Å²) in [5, 5.41) is 0. The molecular weight excluding hydrogens is 271 g/mol. The normalized spacial score (nSPS) is 10.9. The summed E-state index contributed by atoms with van der Waals surface area (Å²) in [5.41, 5.74) is 0.531. The number of hydrogen-bond acceptors (Lipinski definition) is 4. The molecule has 1 aromatic carbocycles. The summed E-state index contributed by atoms with van der Waals surface area (Å²) >= 11 is 4.98. The summed E-state index contributed by atoms with van der Waals surface area (Å²) in [7, 11) is -4.44. The van der Waals surface area contributed by atoms with Gasteiger partial charge in [-0.25, -0.2) is 8.42 Å². The third-order valence-corrected chi connectivity index (χ3v) is 3.18. The first-order chi connectivity index (χ1) is 7.48. The fourth-order valence-electron chi connectivity index (χ4n) is 1.31. The van der Waals surface area contributed by atoms with E-state index in [4.69, 9.17) is 12.2 Å². The number of hydrogen-bond donors (Lipinski definition) is 1. The third kappa shape index (κ3) is 3.27. The van der Waals surface area contributed by atoms with Crippen molar-refractivity contribution in [3.63, 3.8) is 0 Å². The molecule has 1 heterocycles. The number of aromatic amines is 1. The van der Waals surface area contributed by atoms with Gasteiger partial charge in [0.1, 0.15) is 10.1 Å². The first-order valence-corrected chi connectivity index (χ1v) is 6.12. The Bertz CT molecular complexity index is 675. The minimum absolute atomic E-state index is 0. The van der Waals surface area contributed by atoms with E-state index in [2.05, 4.69) is 4.98 Å². The third-order valence-electron chi connectivity index (χ3n) is 2.03. The summed E-state index contributed by atoms with van der Waals surface area (Å²) < 4.78 is 34.5. The predicted octanol–water partition coefficient (Wildman–Crippen LogP) is -1.56. The van der Waals surface area contributed by atoms with Crippen LogP contribution in [0.15, 0.2) is 41.6 Å². The fourth-order valence-corrected chi connectivity index (χ4v) is 2.06. The van der Waals surface area contributed by atoms with Crippen molar-refractivity contribution in [3.8, 4) is 5.69 Å². The Labute approximate surface area is 126 Å². The molecule has 1 aromatic heterocycles. The molecule has 0 radical (unpaired) electrons. The molecule has 0 fully saturated rings. The number of nitrogens with zero attached hydrogens (tertiary/aromatic N) is 1. The van der Waals surface area contributed by atoms with Crippen LogP contribution >= 0.6 is 12.2 Å². The van der Waals surface area contributed by atoms with E-state index in [0.717, 1.165) is 0 Å². The van der Waals surface area contributed by atoms with E-state index in [1.165, 1.54) is 18.2 Å². The summed E-state index contributed by atoms with van der Waals surface area (Å²) in [6.07, 6.45) is 3.28. The predicted molar refractivity (Wildman–Crippen MR) is 58.9 cm³/mol. The van der Waals surface area contributed by atoms with Crippen LogP contribution in [0.5, 0.6) is 0 Å². The molecule has 2 aromatic rings. The first kappa shape index (κ1) is 14.6. The molecule has 1 N–H and O–H groups in total. The maximum Gasteiger partial charge on any atom is 1.00 e. The second kappa shape index (κ2) is 5.47. The van der Waals surface area contributed by atoms with Crippen molar-refractivity contribution < 1.29 is 42.5 Å². The Morgan fingerprint density at radius 2 is 2.06 bits per heavy atom. The number of imidazole rings is 1. The van der Waals surface area contributed by atoms with Crippen LogP contribution in [0.1, 0.15) is 0 Å². The van der Waals surface area contributed by atoms with E-state index >= 15 is 0 Å². The van der Waals surface area contributed by atoms with Gasteiger partial charge in [0, 0.05) is 18.1 Å². The van der Waals surface area contributed by atoms with Crippen LogP contribution in [-0.2, 0) is 10.1 Å². The summed E-state index contributed by atoms with van der Waals surface area (Å²) in [6.45, 7) is 0. The van der Waals surface area contributed by atoms with Gasteiger partial charge in [0.25, 0.3) is 0 Å². The smallest absolute Gasteiger partial charge is 0.744 e. The van der Waals surface area contributed by atoms with E-state index in [1.54, 1.807) is 23.0 Å². The average Bonchev–Trinajstić information content (AvgIpc) is 2.63. The monoisotopic (exact) mass is 278 g/mol. The SMILES string of the molecule is O=S(=O)([O-])c1cccc(-n2cc[nH]c2=S)c1.[Na+]. The van der Waals surface area contributed by atoms with Gasteiger partial charge in [-0.05, 0) is 30.4 Å². The largest absolute Gasteiger partial charge is 1.00 e. The topological polar surface area (TPSA) is 77.9 Å². The zero-order chi connectivity index (χ0) is 11.8. The van der Waals surface area contributed by atoms with Crippen molar-refractivity contribution in [2.45, 2.75) is 4.90 Å². The first-order valence-electron chi connectivity index (χ1n) is 4.31. The molecule has 0 saturated carbocycles. The van der Waals surface area contributed by atoms with E-state index in [9.17, 15) is 13.0 Å². The second-order valence-electron chi connectivity index (χ2n) is 3.09. The molecule has 84 valence electrons. The van der Waals surface area contributed by atoms with Gasteiger partial charge in [0.2, 0.25) is 0 Å². The van der Waals surface area contributed by atoms with Crippen LogP contribution in [0.4, 0.5) is 0 Å². The van der Waals surface area contributed by atoms with Crippen molar-refractivity contribution in [1.82, 2.24) is 9.55 Å². The van der Waals surface area contributed by atoms with Gasteiger partial charge >= 0.3 is 29.6 Å². The van der Waals surface area contributed by atoms with E-state index in [1.807, 2.05) is 0 Å². The minimum Gasteiger partial charge on any atom is -0.744 e. The molecule has 0 aliphatic rings. The average molecular weight is 278 g/mol. The number of nitrogens with one attached hydrogen (secondary N) is 1. The fraction of sp³-hybridized carbons (Fsp3) is 0. The minimum atomic E-state index is -4.44. The molecular formula is C9H7N2NaO3S2. The Balaban J connectivity index is 0.00000144. The zero-order valence-electron chi connectivity index (χ0n) is 8.95. The van der Waals surface area contributed by atoms with E-state index < -0.39 is 10.1 Å². The van der Waals surface area contributed by atoms with E-state index in [0.29, 0.717) is 10.5 Å². The summed E-state index contributed by atoms with van der Waals surface area (Å²) in [6, 6.07) is 5.70. The van der Waals surface area contributed by atoms with Gasteiger partial charge in [-0.3, -0.25) is 4.57 Å². The Morgan fingerprint density at radius 1 is 1.35 bits per heavy atom. The van der Waals surface area contributed by atoms with Gasteiger partial charge < -0.3 is 9.54 Å². The number of H-pyrrole nitrogens is 1. The number of aromatic nitrogens is 2. The molecule has 17 heavy (non-hydrogen) atoms. The zero-order valence-corrected chi connectivity index (χ0v) is 12.6. The second-order valence-corrected chi connectivity index (χ2v) is 4.85. The maximum absolute atomic E-state index is 10.8. The van der Waals surface area contributed by atoms with Crippen LogP contribution in [0.3, 0.4) is 0 Å². The van der Waals surface area contributed by atoms with Crippen molar-refractivity contribution >= 4 is 22.3 Å². The molecule has 2 rings (SSSR count). The van der Waals surface area contributed by atoms with Gasteiger partial charge in [0.15, 0.2) is 4.77 Å². The van der Waals surface area contributed by atoms with Crippen LogP contribution < -0.4 is 29.6 Å². The Hall–Kier alpha value is -0.440. The molecule has 8 heteroatoms. The molecule has 0 aliphatic heterocycles. The maximum atomic E-state index is 10.8. The van der Waals surface area contributed by atoms with Gasteiger partial charge in [-0.15, -0.1) is 0 Å². The van der Waals surface area contributed by atoms with Crippen molar-refractivity contribution in [2.24, 2.45) is 0 Å². The Kier molecular flexibility index (Phi) is 4.70. The number of benzene rings is 1. The summed E-state index contributed by atoms with van der Waals surface area (Å²) in [5.74, 6) is 0. The molecule has 5 nitrogen and oxygen atoms in total. The van der Waals surface area contributed by atoms with Crippen LogP contribution in [0.2, 0.25) is 0 Å². The summed E-state index contributed by atoms with van der Waals surface area (Å²) in [4.78, 5) is 2.51. The Morgan fingerprint density at radius 3 is 2.59 bits per heavy atom. The van der Waals surface area contributed by atoms with E-state index in [-0.39, 0.29) is 34.5 Å². The van der Waals surface area contributed by atoms with Crippen LogP contribution in [0, 0.1) is 4.77 Å². The van der Waals surface area contributed by atoms with Gasteiger partial charge in [-0.1, -0.05) is 6.07 Å². The van der Waals surface area contributed by atoms with Crippen molar-refractivity contribution in [2.75, 3.05) is 0 Å². The van der Waals surface area contributed by atoms with Crippen molar-refractivity contribution in [3.05, 3.63) is 41.4 Å². The van der Waals surface area contributed by atoms with Gasteiger partial charge in [-0.2, -0.15) is 0 Å². The molecule has 0 saturated heterocycles. The molecule has 0 bridgehead atoms. The molecule has 0 amide bonds. The molecule has 0 aliphatic carbocycles.